The van der Waals surface area contributed by atoms with E-state index in [0.717, 1.165) is 32.3 Å². The van der Waals surface area contributed by atoms with Gasteiger partial charge in [0.1, 0.15) is 0 Å². The summed E-state index contributed by atoms with van der Waals surface area (Å²) in [5.41, 5.74) is 2.64. The molecule has 0 radical (unpaired) electrons. The average molecular weight is 500 g/mol. The number of carbonyl (C=O) groups is 1. The van der Waals surface area contributed by atoms with Gasteiger partial charge in [0.15, 0.2) is 0 Å². The second-order valence-corrected chi connectivity index (χ2v) is 7.66. The van der Waals surface area contributed by atoms with E-state index >= 15 is 0 Å². The quantitative estimate of drug-likeness (QED) is 0.269. The van der Waals surface area contributed by atoms with Crippen molar-refractivity contribution < 1.29 is 9.72 Å². The van der Waals surface area contributed by atoms with Crippen molar-refractivity contribution in [3.63, 3.8) is 0 Å². The maximum absolute atomic E-state index is 12.1. The van der Waals surface area contributed by atoms with Crippen molar-refractivity contribution in [1.29, 1.82) is 0 Å². The van der Waals surface area contributed by atoms with Crippen LogP contribution < -0.4 is 16.0 Å². The van der Waals surface area contributed by atoms with Gasteiger partial charge in [0.05, 0.1) is 17.2 Å². The fourth-order valence-electron chi connectivity index (χ4n) is 2.39. The van der Waals surface area contributed by atoms with Crippen LogP contribution in [-0.2, 0) is 4.79 Å². The number of hydrogen-bond acceptors (Lipinski definition) is 5. The number of amides is 1. The van der Waals surface area contributed by atoms with Crippen molar-refractivity contribution in [2.45, 2.75) is 13.3 Å². The molecule has 0 unspecified atom stereocenters. The van der Waals surface area contributed by atoms with Crippen molar-refractivity contribution in [3.8, 4) is 0 Å². The molecule has 27 heavy (non-hydrogen) atoms. The minimum atomic E-state index is -0.424. The molecule has 3 N–H and O–H groups in total. The molecule has 0 aromatic heterocycles. The molecule has 144 valence electrons. The van der Waals surface area contributed by atoms with Crippen LogP contribution >= 0.6 is 31.9 Å². The Kier molecular flexibility index (Phi) is 8.21. The molecule has 0 atom stereocenters. The Balaban J connectivity index is 1.65. The lowest BCUT2D eigenvalue weighted by atomic mass is 10.2. The molecule has 0 bridgehead atoms. The van der Waals surface area contributed by atoms with Crippen LogP contribution in [0.5, 0.6) is 0 Å². The van der Waals surface area contributed by atoms with E-state index < -0.39 is 4.92 Å². The molecule has 7 nitrogen and oxygen atoms in total. The summed E-state index contributed by atoms with van der Waals surface area (Å²) < 4.78 is 1.78. The molecule has 9 heteroatoms. The van der Waals surface area contributed by atoms with Gasteiger partial charge in [-0.1, -0.05) is 15.9 Å². The van der Waals surface area contributed by atoms with Gasteiger partial charge in [-0.2, -0.15) is 0 Å². The van der Waals surface area contributed by atoms with Crippen LogP contribution in [0.15, 0.2) is 45.3 Å². The first kappa shape index (κ1) is 21.3. The topological polar surface area (TPSA) is 96.3 Å². The number of nitrogens with zero attached hydrogens (tertiary/aromatic N) is 1. The van der Waals surface area contributed by atoms with Crippen LogP contribution in [0, 0.1) is 17.0 Å². The number of rotatable bonds is 9. The first-order valence-corrected chi connectivity index (χ1v) is 9.90. The number of benzene rings is 2. The highest BCUT2D eigenvalue weighted by atomic mass is 79.9. The molecule has 2 rings (SSSR count). The number of carbonyl (C=O) groups excluding carboxylic acids is 1. The lowest BCUT2D eigenvalue weighted by Gasteiger charge is -2.12. The molecule has 2 aromatic carbocycles. The molecular weight excluding hydrogens is 480 g/mol. The van der Waals surface area contributed by atoms with E-state index in [4.69, 9.17) is 0 Å². The SMILES string of the molecule is Cc1cc(Br)cc(Br)c1NC(=O)CNCCCNc1ccc([N+](=O)[O-])cc1. The zero-order valence-electron chi connectivity index (χ0n) is 14.7. The predicted molar refractivity (Wildman–Crippen MR) is 114 cm³/mol. The Bertz CT molecular complexity index is 790. The first-order valence-electron chi connectivity index (χ1n) is 8.31. The molecule has 0 saturated heterocycles. The van der Waals surface area contributed by atoms with Crippen molar-refractivity contribution in [2.24, 2.45) is 0 Å². The molecule has 0 aliphatic rings. The van der Waals surface area contributed by atoms with E-state index in [2.05, 4.69) is 47.8 Å². The van der Waals surface area contributed by atoms with Gasteiger partial charge in [0.25, 0.3) is 5.69 Å². The highest BCUT2D eigenvalue weighted by molar-refractivity contribution is 9.11. The van der Waals surface area contributed by atoms with Gasteiger partial charge in [0.2, 0.25) is 5.91 Å². The molecule has 0 spiro atoms. The molecule has 0 saturated carbocycles. The van der Waals surface area contributed by atoms with Crippen molar-refractivity contribution in [3.05, 3.63) is 61.0 Å². The fraction of sp³-hybridized carbons (Fsp3) is 0.278. The number of nitrogens with one attached hydrogen (secondary N) is 3. The lowest BCUT2D eigenvalue weighted by Crippen LogP contribution is -2.29. The fourth-order valence-corrected chi connectivity index (χ4v) is 3.93. The third-order valence-electron chi connectivity index (χ3n) is 3.74. The number of nitro benzene ring substituents is 1. The molecular formula is C18H20Br2N4O3. The summed E-state index contributed by atoms with van der Waals surface area (Å²) in [4.78, 5) is 22.2. The number of halogens is 2. The zero-order chi connectivity index (χ0) is 19.8. The second kappa shape index (κ2) is 10.4. The summed E-state index contributed by atoms with van der Waals surface area (Å²) in [6.07, 6.45) is 0.811. The number of nitro groups is 1. The summed E-state index contributed by atoms with van der Waals surface area (Å²) in [5.74, 6) is -0.107. The van der Waals surface area contributed by atoms with Crippen molar-refractivity contribution >= 4 is 54.8 Å². The highest BCUT2D eigenvalue weighted by Gasteiger charge is 2.09. The minimum Gasteiger partial charge on any atom is -0.385 e. The zero-order valence-corrected chi connectivity index (χ0v) is 17.9. The van der Waals surface area contributed by atoms with Gasteiger partial charge < -0.3 is 16.0 Å². The van der Waals surface area contributed by atoms with E-state index in [1.165, 1.54) is 12.1 Å². The normalized spacial score (nSPS) is 10.5. The standard InChI is InChI=1S/C18H20Br2N4O3/c1-12-9-13(19)10-16(20)18(12)23-17(25)11-21-7-2-8-22-14-3-5-15(6-4-14)24(26)27/h3-6,9-10,21-22H,2,7-8,11H2,1H3,(H,23,25). The van der Waals surface area contributed by atoms with E-state index in [-0.39, 0.29) is 18.1 Å². The molecule has 0 aliphatic heterocycles. The minimum absolute atomic E-state index is 0.0703. The van der Waals surface area contributed by atoms with Crippen LogP contribution in [-0.4, -0.2) is 30.5 Å². The van der Waals surface area contributed by atoms with Gasteiger partial charge >= 0.3 is 0 Å². The van der Waals surface area contributed by atoms with E-state index in [0.29, 0.717) is 13.1 Å². The van der Waals surface area contributed by atoms with Crippen molar-refractivity contribution in [2.75, 3.05) is 30.3 Å². The van der Waals surface area contributed by atoms with E-state index in [9.17, 15) is 14.9 Å². The number of anilines is 2. The highest BCUT2D eigenvalue weighted by Crippen LogP contribution is 2.30. The van der Waals surface area contributed by atoms with Crippen LogP contribution in [0.25, 0.3) is 0 Å². The summed E-state index contributed by atoms with van der Waals surface area (Å²) in [6.45, 7) is 3.53. The molecule has 0 fully saturated rings. The van der Waals surface area contributed by atoms with Gasteiger partial charge in [-0.3, -0.25) is 14.9 Å². The van der Waals surface area contributed by atoms with Crippen LogP contribution in [0.3, 0.4) is 0 Å². The maximum atomic E-state index is 12.1. The van der Waals surface area contributed by atoms with Crippen molar-refractivity contribution in [1.82, 2.24) is 5.32 Å². The monoisotopic (exact) mass is 498 g/mol. The molecule has 1 amide bonds. The second-order valence-electron chi connectivity index (χ2n) is 5.89. The summed E-state index contributed by atoms with van der Waals surface area (Å²) >= 11 is 6.87. The number of hydrogen-bond donors (Lipinski definition) is 3. The Morgan fingerprint density at radius 1 is 1.15 bits per heavy atom. The van der Waals surface area contributed by atoms with Gasteiger partial charge in [-0.05, 0) is 65.6 Å². The maximum Gasteiger partial charge on any atom is 0.269 e. The van der Waals surface area contributed by atoms with Crippen LogP contribution in [0.2, 0.25) is 0 Å². The summed E-state index contributed by atoms with van der Waals surface area (Å²) in [7, 11) is 0. The van der Waals surface area contributed by atoms with Crippen LogP contribution in [0.4, 0.5) is 17.1 Å². The van der Waals surface area contributed by atoms with Crippen LogP contribution in [0.1, 0.15) is 12.0 Å². The molecule has 0 heterocycles. The summed E-state index contributed by atoms with van der Waals surface area (Å²) in [6, 6.07) is 10.1. The van der Waals surface area contributed by atoms with E-state index in [1.54, 1.807) is 12.1 Å². The smallest absolute Gasteiger partial charge is 0.269 e. The Hall–Kier alpha value is -1.97. The number of non-ortho nitro benzene ring substituents is 1. The van der Waals surface area contributed by atoms with Gasteiger partial charge in [-0.25, -0.2) is 0 Å². The molecule has 2 aromatic rings. The Morgan fingerprint density at radius 3 is 2.48 bits per heavy atom. The third-order valence-corrected chi connectivity index (χ3v) is 4.82. The third kappa shape index (κ3) is 6.93. The van der Waals surface area contributed by atoms with Gasteiger partial charge in [-0.15, -0.1) is 0 Å². The van der Waals surface area contributed by atoms with Gasteiger partial charge in [0, 0.05) is 33.3 Å². The first-order chi connectivity index (χ1) is 12.9. The Labute approximate surface area is 174 Å². The number of aryl methyl sites for hydroxylation is 1. The average Bonchev–Trinajstić information content (AvgIpc) is 2.61. The molecule has 0 aliphatic carbocycles. The predicted octanol–water partition coefficient (Wildman–Crippen LogP) is 4.46. The summed E-state index contributed by atoms with van der Waals surface area (Å²) in [5, 5.41) is 19.8. The Morgan fingerprint density at radius 2 is 1.85 bits per heavy atom. The lowest BCUT2D eigenvalue weighted by molar-refractivity contribution is -0.384. The van der Waals surface area contributed by atoms with E-state index in [1.807, 2.05) is 19.1 Å². The largest absolute Gasteiger partial charge is 0.385 e.